The van der Waals surface area contributed by atoms with Gasteiger partial charge in [-0.2, -0.15) is 0 Å². The van der Waals surface area contributed by atoms with Gasteiger partial charge in [0.25, 0.3) is 0 Å². The van der Waals surface area contributed by atoms with E-state index in [1.54, 1.807) is 0 Å². The fourth-order valence-electron chi connectivity index (χ4n) is 3.23. The molecule has 1 heterocycles. The van der Waals surface area contributed by atoms with E-state index in [4.69, 9.17) is 0 Å². The normalized spacial score (nSPS) is 21.4. The molecule has 126 valence electrons. The smallest absolute Gasteiger partial charge is 0.169 e. The second-order valence-electron chi connectivity index (χ2n) is 6.41. The SMILES string of the molecule is CC[n+]1ccc(/C=C/C2C=CCCC2N(C)CCCNC)cc1. The lowest BCUT2D eigenvalue weighted by atomic mass is 9.88. The van der Waals surface area contributed by atoms with Crippen molar-refractivity contribution in [2.75, 3.05) is 27.2 Å². The average Bonchev–Trinajstić information content (AvgIpc) is 2.60. The lowest BCUT2D eigenvalue weighted by molar-refractivity contribution is -0.693. The molecule has 1 aromatic heterocycles. The standard InChI is InChI=1S/C20H32N3/c1-4-23-16-12-18(13-17-23)10-11-19-8-5-6-9-20(19)22(3)15-7-14-21-2/h5,8,10-13,16-17,19-21H,4,6-7,9,14-15H2,1-3H3/q+1/b11-10+. The molecule has 0 aliphatic heterocycles. The fraction of sp³-hybridized carbons (Fsp3) is 0.550. The van der Waals surface area contributed by atoms with Crippen LogP contribution in [0.15, 0.2) is 42.8 Å². The molecule has 3 nitrogen and oxygen atoms in total. The van der Waals surface area contributed by atoms with Crippen LogP contribution in [-0.4, -0.2) is 38.1 Å². The van der Waals surface area contributed by atoms with Crippen LogP contribution in [0.1, 0.15) is 31.7 Å². The first-order valence-corrected chi connectivity index (χ1v) is 8.93. The van der Waals surface area contributed by atoms with Crippen LogP contribution in [0.4, 0.5) is 0 Å². The van der Waals surface area contributed by atoms with Gasteiger partial charge in [-0.15, -0.1) is 0 Å². The monoisotopic (exact) mass is 314 g/mol. The van der Waals surface area contributed by atoms with Crippen molar-refractivity contribution in [3.05, 3.63) is 48.3 Å². The third-order valence-electron chi connectivity index (χ3n) is 4.73. The Morgan fingerprint density at radius 3 is 2.83 bits per heavy atom. The summed E-state index contributed by atoms with van der Waals surface area (Å²) in [5.74, 6) is 0.516. The topological polar surface area (TPSA) is 19.1 Å². The molecule has 0 radical (unpaired) electrons. The van der Waals surface area contributed by atoms with Gasteiger partial charge in [0.1, 0.15) is 6.54 Å². The number of nitrogens with one attached hydrogen (secondary N) is 1. The van der Waals surface area contributed by atoms with Crippen LogP contribution in [0.5, 0.6) is 0 Å². The van der Waals surface area contributed by atoms with Crippen molar-refractivity contribution in [2.24, 2.45) is 5.92 Å². The Bertz CT molecular complexity index is 504. The van der Waals surface area contributed by atoms with Gasteiger partial charge in [0.2, 0.25) is 0 Å². The van der Waals surface area contributed by atoms with Crippen LogP contribution in [0.2, 0.25) is 0 Å². The van der Waals surface area contributed by atoms with E-state index >= 15 is 0 Å². The molecule has 0 fully saturated rings. The molecule has 2 rings (SSSR count). The second-order valence-corrected chi connectivity index (χ2v) is 6.41. The number of hydrogen-bond donors (Lipinski definition) is 1. The number of pyridine rings is 1. The predicted octanol–water partition coefficient (Wildman–Crippen LogP) is 2.88. The van der Waals surface area contributed by atoms with Crippen molar-refractivity contribution in [3.63, 3.8) is 0 Å². The van der Waals surface area contributed by atoms with Gasteiger partial charge in [-0.25, -0.2) is 4.57 Å². The second kappa shape index (κ2) is 9.64. The van der Waals surface area contributed by atoms with E-state index in [1.165, 1.54) is 24.8 Å². The summed E-state index contributed by atoms with van der Waals surface area (Å²) in [4.78, 5) is 2.53. The number of aryl methyl sites for hydroxylation is 1. The average molecular weight is 314 g/mol. The summed E-state index contributed by atoms with van der Waals surface area (Å²) in [5.41, 5.74) is 1.28. The Balaban J connectivity index is 1.98. The number of rotatable bonds is 8. The van der Waals surface area contributed by atoms with Gasteiger partial charge in [-0.05, 0) is 58.9 Å². The number of allylic oxidation sites excluding steroid dienone is 1. The number of nitrogens with zero attached hydrogens (tertiary/aromatic N) is 2. The van der Waals surface area contributed by atoms with Gasteiger partial charge in [0.05, 0.1) is 0 Å². The predicted molar refractivity (Wildman–Crippen MR) is 98.2 cm³/mol. The lowest BCUT2D eigenvalue weighted by Gasteiger charge is -2.34. The molecule has 0 aromatic carbocycles. The van der Waals surface area contributed by atoms with Gasteiger partial charge in [0, 0.05) is 24.1 Å². The minimum Gasteiger partial charge on any atom is -0.320 e. The van der Waals surface area contributed by atoms with Gasteiger partial charge in [0.15, 0.2) is 12.4 Å². The maximum absolute atomic E-state index is 3.24. The zero-order valence-corrected chi connectivity index (χ0v) is 14.9. The zero-order chi connectivity index (χ0) is 16.5. The van der Waals surface area contributed by atoms with E-state index in [0.29, 0.717) is 12.0 Å². The van der Waals surface area contributed by atoms with E-state index in [0.717, 1.165) is 19.6 Å². The molecule has 23 heavy (non-hydrogen) atoms. The van der Waals surface area contributed by atoms with Crippen molar-refractivity contribution in [1.29, 1.82) is 0 Å². The molecule has 1 aliphatic carbocycles. The summed E-state index contributed by atoms with van der Waals surface area (Å²) >= 11 is 0. The Hall–Kier alpha value is -1.45. The van der Waals surface area contributed by atoms with Crippen molar-refractivity contribution in [3.8, 4) is 0 Å². The van der Waals surface area contributed by atoms with Crippen molar-refractivity contribution < 1.29 is 4.57 Å². The lowest BCUT2D eigenvalue weighted by Crippen LogP contribution is -2.39. The highest BCUT2D eigenvalue weighted by Gasteiger charge is 2.23. The first-order chi connectivity index (χ1) is 11.2. The van der Waals surface area contributed by atoms with Crippen molar-refractivity contribution >= 4 is 6.08 Å². The van der Waals surface area contributed by atoms with Crippen LogP contribution in [0.3, 0.4) is 0 Å². The maximum atomic E-state index is 3.24. The van der Waals surface area contributed by atoms with Crippen LogP contribution in [0.25, 0.3) is 6.08 Å². The van der Waals surface area contributed by atoms with Crippen molar-refractivity contribution in [1.82, 2.24) is 10.2 Å². The summed E-state index contributed by atoms with van der Waals surface area (Å²) in [7, 11) is 4.30. The molecule has 0 bridgehead atoms. The molecule has 0 saturated carbocycles. The van der Waals surface area contributed by atoms with E-state index in [-0.39, 0.29) is 0 Å². The molecule has 1 N–H and O–H groups in total. The maximum Gasteiger partial charge on any atom is 0.169 e. The first-order valence-electron chi connectivity index (χ1n) is 8.93. The quantitative estimate of drug-likeness (QED) is 0.452. The highest BCUT2D eigenvalue weighted by Crippen LogP contribution is 2.24. The Morgan fingerprint density at radius 1 is 1.35 bits per heavy atom. The zero-order valence-electron chi connectivity index (χ0n) is 14.9. The van der Waals surface area contributed by atoms with Gasteiger partial charge >= 0.3 is 0 Å². The molecular weight excluding hydrogens is 282 g/mol. The molecule has 0 amide bonds. The fourth-order valence-corrected chi connectivity index (χ4v) is 3.23. The third kappa shape index (κ3) is 5.60. The minimum absolute atomic E-state index is 0.516. The van der Waals surface area contributed by atoms with E-state index < -0.39 is 0 Å². The highest BCUT2D eigenvalue weighted by atomic mass is 15.1. The van der Waals surface area contributed by atoms with Crippen LogP contribution in [-0.2, 0) is 6.54 Å². The molecule has 0 spiro atoms. The van der Waals surface area contributed by atoms with Gasteiger partial charge in [-0.1, -0.05) is 24.3 Å². The summed E-state index contributed by atoms with van der Waals surface area (Å²) in [5, 5.41) is 3.24. The van der Waals surface area contributed by atoms with E-state index in [1.807, 2.05) is 7.05 Å². The first kappa shape index (κ1) is 17.9. The number of aromatic nitrogens is 1. The van der Waals surface area contributed by atoms with Crippen molar-refractivity contribution in [2.45, 2.75) is 38.8 Å². The molecule has 1 aromatic rings. The number of hydrogen-bond acceptors (Lipinski definition) is 2. The Kier molecular flexibility index (Phi) is 7.50. The summed E-state index contributed by atoms with van der Waals surface area (Å²) in [6.07, 6.45) is 17.3. The summed E-state index contributed by atoms with van der Waals surface area (Å²) in [6.45, 7) is 5.44. The van der Waals surface area contributed by atoms with Crippen LogP contribution in [0, 0.1) is 5.92 Å². The molecule has 3 heteroatoms. The van der Waals surface area contributed by atoms with Gasteiger partial charge in [-0.3, -0.25) is 0 Å². The largest absolute Gasteiger partial charge is 0.320 e. The summed E-state index contributed by atoms with van der Waals surface area (Å²) in [6, 6.07) is 5.01. The molecule has 2 unspecified atom stereocenters. The summed E-state index contributed by atoms with van der Waals surface area (Å²) < 4.78 is 2.19. The Labute approximate surface area is 141 Å². The Morgan fingerprint density at radius 2 is 2.13 bits per heavy atom. The minimum atomic E-state index is 0.516. The molecular formula is C20H32N3+. The van der Waals surface area contributed by atoms with E-state index in [2.05, 4.69) is 77.6 Å². The van der Waals surface area contributed by atoms with Gasteiger partial charge < -0.3 is 10.2 Å². The molecule has 2 atom stereocenters. The molecule has 0 saturated heterocycles. The molecule has 1 aliphatic rings. The third-order valence-corrected chi connectivity index (χ3v) is 4.73. The van der Waals surface area contributed by atoms with Crippen LogP contribution < -0.4 is 9.88 Å². The van der Waals surface area contributed by atoms with E-state index in [9.17, 15) is 0 Å². The van der Waals surface area contributed by atoms with Crippen LogP contribution >= 0.6 is 0 Å². The highest BCUT2D eigenvalue weighted by molar-refractivity contribution is 5.48.